The molecule has 0 radical (unpaired) electrons. The minimum atomic E-state index is -0.972. The number of aromatic carboxylic acids is 1. The summed E-state index contributed by atoms with van der Waals surface area (Å²) in [6.45, 7) is 4.32. The maximum atomic E-state index is 10.4. The highest BCUT2D eigenvalue weighted by atomic mass is 16.4. The Kier molecular flexibility index (Phi) is 6.59. The van der Waals surface area contributed by atoms with E-state index < -0.39 is 5.97 Å². The number of carboxylic acids is 1. The summed E-state index contributed by atoms with van der Waals surface area (Å²) in [7, 11) is 2.09. The van der Waals surface area contributed by atoms with E-state index >= 15 is 0 Å². The number of aliphatic hydroxyl groups excluding tert-OH is 1. The van der Waals surface area contributed by atoms with E-state index in [2.05, 4.69) is 36.2 Å². The molecule has 0 saturated heterocycles. The van der Waals surface area contributed by atoms with Gasteiger partial charge in [-0.1, -0.05) is 19.1 Å². The van der Waals surface area contributed by atoms with Crippen molar-refractivity contribution in [2.24, 2.45) is 0 Å². The van der Waals surface area contributed by atoms with Crippen LogP contribution in [0.5, 0.6) is 0 Å². The molecule has 1 heterocycles. The number of rotatable bonds is 4. The second-order valence-corrected chi connectivity index (χ2v) is 4.67. The topological polar surface area (TPSA) is 64.0 Å². The van der Waals surface area contributed by atoms with Gasteiger partial charge in [-0.15, -0.1) is 0 Å². The van der Waals surface area contributed by atoms with Crippen LogP contribution in [0.1, 0.15) is 29.3 Å². The van der Waals surface area contributed by atoms with E-state index in [-0.39, 0.29) is 12.2 Å². The fourth-order valence-electron chi connectivity index (χ4n) is 1.82. The standard InChI is InChI=1S/C8H8O3.C7H14N2/c9-5-6-2-1-3-7(4-6)8(10)11;1-3-4-9-6-5-8(2)7-9/h1-4,9H,5H2,(H,10,11);5-6H,3-4,7H2,1-2H3. The van der Waals surface area contributed by atoms with Crippen LogP contribution in [-0.4, -0.2) is 46.2 Å². The van der Waals surface area contributed by atoms with Crippen LogP contribution in [0.15, 0.2) is 36.7 Å². The minimum Gasteiger partial charge on any atom is -0.478 e. The molecule has 20 heavy (non-hydrogen) atoms. The molecule has 2 rings (SSSR count). The average molecular weight is 278 g/mol. The summed E-state index contributed by atoms with van der Waals surface area (Å²) in [5, 5.41) is 17.2. The minimum absolute atomic E-state index is 0.124. The zero-order valence-corrected chi connectivity index (χ0v) is 12.0. The van der Waals surface area contributed by atoms with Gasteiger partial charge in [0, 0.05) is 26.0 Å². The summed E-state index contributed by atoms with van der Waals surface area (Å²) < 4.78 is 0. The van der Waals surface area contributed by atoms with Crippen molar-refractivity contribution in [1.29, 1.82) is 0 Å². The lowest BCUT2D eigenvalue weighted by molar-refractivity contribution is 0.0696. The Morgan fingerprint density at radius 3 is 2.60 bits per heavy atom. The largest absolute Gasteiger partial charge is 0.478 e. The first-order valence-corrected chi connectivity index (χ1v) is 6.62. The first-order chi connectivity index (χ1) is 9.56. The molecule has 5 heteroatoms. The molecule has 0 unspecified atom stereocenters. The molecule has 1 aliphatic rings. The second-order valence-electron chi connectivity index (χ2n) is 4.67. The van der Waals surface area contributed by atoms with E-state index in [1.54, 1.807) is 12.1 Å². The Balaban J connectivity index is 0.000000204. The molecule has 5 nitrogen and oxygen atoms in total. The quantitative estimate of drug-likeness (QED) is 0.881. The molecule has 1 aliphatic heterocycles. The smallest absolute Gasteiger partial charge is 0.335 e. The fourth-order valence-corrected chi connectivity index (χ4v) is 1.82. The van der Waals surface area contributed by atoms with Crippen molar-refractivity contribution in [2.45, 2.75) is 20.0 Å². The van der Waals surface area contributed by atoms with E-state index in [0.717, 1.165) is 6.67 Å². The van der Waals surface area contributed by atoms with E-state index in [1.807, 2.05) is 0 Å². The summed E-state index contributed by atoms with van der Waals surface area (Å²) in [5.41, 5.74) is 0.821. The highest BCUT2D eigenvalue weighted by Crippen LogP contribution is 2.04. The van der Waals surface area contributed by atoms with Crippen molar-refractivity contribution in [1.82, 2.24) is 9.80 Å². The third-order valence-corrected chi connectivity index (χ3v) is 2.80. The Labute approximate surface area is 119 Å². The first kappa shape index (κ1) is 16.0. The van der Waals surface area contributed by atoms with Gasteiger partial charge < -0.3 is 20.0 Å². The lowest BCUT2D eigenvalue weighted by Gasteiger charge is -2.16. The van der Waals surface area contributed by atoms with Gasteiger partial charge in [0.05, 0.1) is 18.8 Å². The molecular formula is C15H22N2O3. The maximum absolute atomic E-state index is 10.4. The molecule has 1 aromatic carbocycles. The van der Waals surface area contributed by atoms with Gasteiger partial charge in [0.25, 0.3) is 0 Å². The van der Waals surface area contributed by atoms with Gasteiger partial charge in [-0.25, -0.2) is 4.79 Å². The maximum Gasteiger partial charge on any atom is 0.335 e. The Morgan fingerprint density at radius 2 is 2.10 bits per heavy atom. The van der Waals surface area contributed by atoms with Crippen LogP contribution < -0.4 is 0 Å². The van der Waals surface area contributed by atoms with Crippen molar-refractivity contribution in [3.63, 3.8) is 0 Å². The van der Waals surface area contributed by atoms with Crippen molar-refractivity contribution < 1.29 is 15.0 Å². The number of carboxylic acid groups (broad SMARTS) is 1. The van der Waals surface area contributed by atoms with Crippen LogP contribution >= 0.6 is 0 Å². The monoisotopic (exact) mass is 278 g/mol. The SMILES string of the molecule is CCCN1C=CN(C)C1.O=C(O)c1cccc(CO)c1. The molecule has 0 bridgehead atoms. The van der Waals surface area contributed by atoms with Crippen molar-refractivity contribution in [2.75, 3.05) is 20.3 Å². The molecule has 110 valence electrons. The van der Waals surface area contributed by atoms with Crippen molar-refractivity contribution in [3.05, 3.63) is 47.8 Å². The highest BCUT2D eigenvalue weighted by molar-refractivity contribution is 5.87. The number of carbonyl (C=O) groups is 1. The number of nitrogens with zero attached hydrogens (tertiary/aromatic N) is 2. The molecular weight excluding hydrogens is 256 g/mol. The number of hydrogen-bond acceptors (Lipinski definition) is 4. The molecule has 0 aliphatic carbocycles. The molecule has 0 amide bonds. The molecule has 0 atom stereocenters. The van der Waals surface area contributed by atoms with Gasteiger partial charge in [-0.05, 0) is 24.1 Å². The Hall–Kier alpha value is -2.01. The third-order valence-electron chi connectivity index (χ3n) is 2.80. The number of aliphatic hydroxyl groups is 1. The van der Waals surface area contributed by atoms with Crippen LogP contribution in [0, 0.1) is 0 Å². The predicted octanol–water partition coefficient (Wildman–Crippen LogP) is 1.95. The molecule has 2 N–H and O–H groups in total. The van der Waals surface area contributed by atoms with E-state index in [1.165, 1.54) is 25.1 Å². The zero-order valence-electron chi connectivity index (χ0n) is 12.0. The highest BCUT2D eigenvalue weighted by Gasteiger charge is 2.05. The third kappa shape index (κ3) is 5.32. The summed E-state index contributed by atoms with van der Waals surface area (Å²) in [4.78, 5) is 14.9. The summed E-state index contributed by atoms with van der Waals surface area (Å²) in [6.07, 6.45) is 5.48. The van der Waals surface area contributed by atoms with Crippen LogP contribution in [0.4, 0.5) is 0 Å². The van der Waals surface area contributed by atoms with Crippen molar-refractivity contribution in [3.8, 4) is 0 Å². The first-order valence-electron chi connectivity index (χ1n) is 6.62. The lowest BCUT2D eigenvalue weighted by Crippen LogP contribution is -2.22. The molecule has 1 aromatic rings. The van der Waals surface area contributed by atoms with E-state index in [9.17, 15) is 4.79 Å². The predicted molar refractivity (Wildman–Crippen MR) is 78.1 cm³/mol. The van der Waals surface area contributed by atoms with Crippen molar-refractivity contribution >= 4 is 5.97 Å². The summed E-state index contributed by atoms with van der Waals surface area (Å²) in [5.74, 6) is -0.972. The van der Waals surface area contributed by atoms with Gasteiger partial charge in [0.15, 0.2) is 0 Å². The van der Waals surface area contributed by atoms with Gasteiger partial charge in [0.2, 0.25) is 0 Å². The van der Waals surface area contributed by atoms with Gasteiger partial charge in [-0.3, -0.25) is 0 Å². The van der Waals surface area contributed by atoms with Crippen LogP contribution in [0.3, 0.4) is 0 Å². The molecule has 0 saturated carbocycles. The Bertz CT molecular complexity index is 460. The average Bonchev–Trinajstić information content (AvgIpc) is 2.85. The zero-order chi connectivity index (χ0) is 15.0. The lowest BCUT2D eigenvalue weighted by atomic mass is 10.1. The summed E-state index contributed by atoms with van der Waals surface area (Å²) >= 11 is 0. The van der Waals surface area contributed by atoms with Gasteiger partial charge in [-0.2, -0.15) is 0 Å². The van der Waals surface area contributed by atoms with E-state index in [0.29, 0.717) is 5.56 Å². The number of hydrogen-bond donors (Lipinski definition) is 2. The number of benzene rings is 1. The van der Waals surface area contributed by atoms with E-state index in [4.69, 9.17) is 10.2 Å². The second kappa shape index (κ2) is 8.22. The summed E-state index contributed by atoms with van der Waals surface area (Å²) in [6, 6.07) is 6.21. The van der Waals surface area contributed by atoms with Crippen LogP contribution in [0.2, 0.25) is 0 Å². The molecule has 0 spiro atoms. The van der Waals surface area contributed by atoms with Gasteiger partial charge >= 0.3 is 5.97 Å². The van der Waals surface area contributed by atoms with Crippen LogP contribution in [0.25, 0.3) is 0 Å². The van der Waals surface area contributed by atoms with Gasteiger partial charge in [0.1, 0.15) is 0 Å². The molecule has 0 aromatic heterocycles. The molecule has 0 fully saturated rings. The normalized spacial score (nSPS) is 13.2. The van der Waals surface area contributed by atoms with Crippen LogP contribution in [-0.2, 0) is 6.61 Å². The Morgan fingerprint density at radius 1 is 1.35 bits per heavy atom. The fraction of sp³-hybridized carbons (Fsp3) is 0.400.